The van der Waals surface area contributed by atoms with Crippen molar-refractivity contribution in [1.82, 2.24) is 10.6 Å². The molecule has 2 heterocycles. The van der Waals surface area contributed by atoms with Crippen LogP contribution in [0.2, 0.25) is 0 Å². The molecule has 3 nitrogen and oxygen atoms in total. The molecule has 6 heteroatoms. The van der Waals surface area contributed by atoms with E-state index >= 15 is 0 Å². The number of carbonyl (C=O) groups excluding carboxylic acids is 1. The molecule has 1 aliphatic rings. The molecule has 0 atom stereocenters. The van der Waals surface area contributed by atoms with Gasteiger partial charge in [-0.25, -0.2) is 0 Å². The Morgan fingerprint density at radius 1 is 1.50 bits per heavy atom. The van der Waals surface area contributed by atoms with Crippen LogP contribution in [-0.4, -0.2) is 25.5 Å². The van der Waals surface area contributed by atoms with Crippen molar-refractivity contribution in [1.29, 1.82) is 0 Å². The fraction of sp³-hybridized carbons (Fsp3) is 0.417. The standard InChI is InChI=1S/C12H15BrN2OS.ClH/c13-11-2-1-10(17-11)7-12(16)15-8-9-3-5-14-6-4-9;/h1-3,14H,4-8H2,(H,15,16);1H. The highest BCUT2D eigenvalue weighted by Crippen LogP contribution is 2.22. The number of carbonyl (C=O) groups is 1. The zero-order valence-corrected chi connectivity index (χ0v) is 13.1. The number of thiophene rings is 1. The van der Waals surface area contributed by atoms with Crippen molar-refractivity contribution in [2.75, 3.05) is 19.6 Å². The topological polar surface area (TPSA) is 41.1 Å². The van der Waals surface area contributed by atoms with E-state index in [4.69, 9.17) is 0 Å². The maximum absolute atomic E-state index is 11.7. The van der Waals surface area contributed by atoms with Gasteiger partial charge in [-0.2, -0.15) is 0 Å². The van der Waals surface area contributed by atoms with Crippen LogP contribution in [0.25, 0.3) is 0 Å². The van der Waals surface area contributed by atoms with Crippen molar-refractivity contribution in [3.63, 3.8) is 0 Å². The molecule has 0 unspecified atom stereocenters. The van der Waals surface area contributed by atoms with Gasteiger partial charge in [-0.1, -0.05) is 11.6 Å². The van der Waals surface area contributed by atoms with Gasteiger partial charge >= 0.3 is 0 Å². The number of halogens is 2. The summed E-state index contributed by atoms with van der Waals surface area (Å²) in [7, 11) is 0. The van der Waals surface area contributed by atoms with Crippen LogP contribution < -0.4 is 10.6 Å². The molecule has 0 saturated heterocycles. The second kappa shape index (κ2) is 7.94. The van der Waals surface area contributed by atoms with Gasteiger partial charge in [0.1, 0.15) is 0 Å². The van der Waals surface area contributed by atoms with Crippen LogP contribution in [0.5, 0.6) is 0 Å². The maximum Gasteiger partial charge on any atom is 0.225 e. The van der Waals surface area contributed by atoms with Gasteiger partial charge in [0.2, 0.25) is 5.91 Å². The Morgan fingerprint density at radius 2 is 2.33 bits per heavy atom. The Hall–Kier alpha value is -0.360. The van der Waals surface area contributed by atoms with Crippen LogP contribution in [-0.2, 0) is 11.2 Å². The van der Waals surface area contributed by atoms with E-state index in [0.717, 1.165) is 28.2 Å². The van der Waals surface area contributed by atoms with Crippen molar-refractivity contribution >= 4 is 45.6 Å². The fourth-order valence-electron chi connectivity index (χ4n) is 1.71. The van der Waals surface area contributed by atoms with E-state index in [1.165, 1.54) is 5.57 Å². The van der Waals surface area contributed by atoms with E-state index in [0.29, 0.717) is 13.0 Å². The Kier molecular flexibility index (Phi) is 6.92. The summed E-state index contributed by atoms with van der Waals surface area (Å²) in [6.07, 6.45) is 3.66. The minimum Gasteiger partial charge on any atom is -0.352 e. The molecule has 2 rings (SSSR count). The van der Waals surface area contributed by atoms with Crippen LogP contribution >= 0.6 is 39.7 Å². The molecular formula is C12H16BrClN2OS. The molecule has 1 amide bonds. The normalized spacial score (nSPS) is 14.6. The van der Waals surface area contributed by atoms with Crippen LogP contribution in [0.3, 0.4) is 0 Å². The lowest BCUT2D eigenvalue weighted by Gasteiger charge is -2.14. The van der Waals surface area contributed by atoms with Gasteiger partial charge in [0, 0.05) is 18.0 Å². The first-order valence-electron chi connectivity index (χ1n) is 5.63. The highest BCUT2D eigenvalue weighted by atomic mass is 79.9. The molecule has 2 N–H and O–H groups in total. The molecule has 0 bridgehead atoms. The van der Waals surface area contributed by atoms with Gasteiger partial charge in [0.15, 0.2) is 0 Å². The lowest BCUT2D eigenvalue weighted by Crippen LogP contribution is -2.30. The zero-order valence-electron chi connectivity index (χ0n) is 9.87. The van der Waals surface area contributed by atoms with Crippen LogP contribution in [0.15, 0.2) is 27.6 Å². The summed E-state index contributed by atoms with van der Waals surface area (Å²) in [4.78, 5) is 12.8. The van der Waals surface area contributed by atoms with Crippen molar-refractivity contribution in [3.8, 4) is 0 Å². The van der Waals surface area contributed by atoms with E-state index in [1.54, 1.807) is 11.3 Å². The highest BCUT2D eigenvalue weighted by molar-refractivity contribution is 9.11. The molecule has 1 aromatic heterocycles. The first-order valence-corrected chi connectivity index (χ1v) is 7.24. The van der Waals surface area contributed by atoms with E-state index < -0.39 is 0 Å². The van der Waals surface area contributed by atoms with E-state index in [2.05, 4.69) is 32.6 Å². The molecule has 0 saturated carbocycles. The Morgan fingerprint density at radius 3 is 2.94 bits per heavy atom. The van der Waals surface area contributed by atoms with Crippen molar-refractivity contribution in [2.45, 2.75) is 12.8 Å². The Labute approximate surface area is 126 Å². The van der Waals surface area contributed by atoms with E-state index in [1.807, 2.05) is 12.1 Å². The summed E-state index contributed by atoms with van der Waals surface area (Å²) in [5.41, 5.74) is 1.32. The predicted octanol–water partition coefficient (Wildman–Crippen LogP) is 2.51. The molecule has 18 heavy (non-hydrogen) atoms. The third-order valence-electron chi connectivity index (χ3n) is 2.63. The maximum atomic E-state index is 11.7. The summed E-state index contributed by atoms with van der Waals surface area (Å²) in [5, 5.41) is 6.22. The van der Waals surface area contributed by atoms with Gasteiger partial charge in [-0.05, 0) is 41.0 Å². The SMILES string of the molecule is Cl.O=C(Cc1ccc(Br)s1)NCC1=CCNCC1. The quantitative estimate of drug-likeness (QED) is 0.818. The molecule has 0 fully saturated rings. The summed E-state index contributed by atoms with van der Waals surface area (Å²) in [6, 6.07) is 3.96. The average Bonchev–Trinajstić information content (AvgIpc) is 2.73. The number of nitrogens with one attached hydrogen (secondary N) is 2. The lowest BCUT2D eigenvalue weighted by atomic mass is 10.1. The molecule has 0 spiro atoms. The van der Waals surface area contributed by atoms with Crippen molar-refractivity contribution in [3.05, 3.63) is 32.4 Å². The highest BCUT2D eigenvalue weighted by Gasteiger charge is 2.07. The minimum atomic E-state index is 0. The van der Waals surface area contributed by atoms with Crippen LogP contribution in [0, 0.1) is 0 Å². The number of hydrogen-bond acceptors (Lipinski definition) is 3. The smallest absolute Gasteiger partial charge is 0.225 e. The number of hydrogen-bond donors (Lipinski definition) is 2. The fourth-order valence-corrected chi connectivity index (χ4v) is 3.19. The van der Waals surface area contributed by atoms with Gasteiger partial charge < -0.3 is 10.6 Å². The second-order valence-corrected chi connectivity index (χ2v) is 6.52. The van der Waals surface area contributed by atoms with E-state index in [-0.39, 0.29) is 18.3 Å². The largest absolute Gasteiger partial charge is 0.352 e. The van der Waals surface area contributed by atoms with Gasteiger partial charge in [0.05, 0.1) is 10.2 Å². The van der Waals surface area contributed by atoms with Gasteiger partial charge in [-0.3, -0.25) is 4.79 Å². The summed E-state index contributed by atoms with van der Waals surface area (Å²) >= 11 is 5.00. The molecule has 1 aromatic rings. The monoisotopic (exact) mass is 350 g/mol. The van der Waals surface area contributed by atoms with Crippen molar-refractivity contribution < 1.29 is 4.79 Å². The zero-order chi connectivity index (χ0) is 12.1. The molecular weight excluding hydrogens is 336 g/mol. The number of amides is 1. The van der Waals surface area contributed by atoms with Crippen molar-refractivity contribution in [2.24, 2.45) is 0 Å². The molecule has 100 valence electrons. The third-order valence-corrected chi connectivity index (χ3v) is 4.26. The second-order valence-electron chi connectivity index (χ2n) is 3.98. The van der Waals surface area contributed by atoms with E-state index in [9.17, 15) is 4.79 Å². The molecule has 1 aliphatic heterocycles. The molecule has 0 aliphatic carbocycles. The van der Waals surface area contributed by atoms with Gasteiger partial charge in [-0.15, -0.1) is 23.7 Å². The summed E-state index contributed by atoms with van der Waals surface area (Å²) < 4.78 is 1.07. The molecule has 0 aromatic carbocycles. The first kappa shape index (κ1) is 15.7. The lowest BCUT2D eigenvalue weighted by molar-refractivity contribution is -0.120. The predicted molar refractivity (Wildman–Crippen MR) is 81.6 cm³/mol. The third kappa shape index (κ3) is 5.10. The van der Waals surface area contributed by atoms with Crippen LogP contribution in [0.1, 0.15) is 11.3 Å². The molecule has 0 radical (unpaired) electrons. The minimum absolute atomic E-state index is 0. The van der Waals surface area contributed by atoms with Crippen LogP contribution in [0.4, 0.5) is 0 Å². The Balaban J connectivity index is 0.00000162. The number of rotatable bonds is 4. The first-order chi connectivity index (χ1) is 8.24. The Bertz CT molecular complexity index is 433. The summed E-state index contributed by atoms with van der Waals surface area (Å²) in [6.45, 7) is 2.62. The summed E-state index contributed by atoms with van der Waals surface area (Å²) in [5.74, 6) is 0.0961. The average molecular weight is 352 g/mol. The van der Waals surface area contributed by atoms with Gasteiger partial charge in [0.25, 0.3) is 0 Å².